The summed E-state index contributed by atoms with van der Waals surface area (Å²) < 4.78 is 29.0. The van der Waals surface area contributed by atoms with Crippen molar-refractivity contribution in [1.29, 1.82) is 0 Å². The zero-order valence-corrected chi connectivity index (χ0v) is 14.3. The molecule has 0 radical (unpaired) electrons. The molecule has 2 heterocycles. The van der Waals surface area contributed by atoms with Crippen molar-refractivity contribution in [3.8, 4) is 0 Å². The maximum Gasteiger partial charge on any atom is 0.299 e. The smallest absolute Gasteiger partial charge is 0.274 e. The molecule has 2 aromatic heterocycles. The third kappa shape index (κ3) is 2.79. The SMILES string of the molecule is Cc1ccn2nc(S(=O)(=O)Nc3c(Cl)cccc3Br)nc2n1. The molecule has 0 atom stereocenters. The molecule has 0 spiro atoms. The zero-order valence-electron chi connectivity index (χ0n) is 11.2. The number of hydrogen-bond donors (Lipinski definition) is 1. The Labute approximate surface area is 139 Å². The van der Waals surface area contributed by atoms with Crippen LogP contribution in [-0.2, 0) is 10.0 Å². The van der Waals surface area contributed by atoms with Crippen molar-refractivity contribution in [3.63, 3.8) is 0 Å². The van der Waals surface area contributed by atoms with E-state index in [1.54, 1.807) is 37.4 Å². The van der Waals surface area contributed by atoms with Crippen LogP contribution in [0.15, 0.2) is 40.1 Å². The summed E-state index contributed by atoms with van der Waals surface area (Å²) in [5.74, 6) is 0.207. The number of anilines is 1. The Morgan fingerprint density at radius 3 is 2.77 bits per heavy atom. The van der Waals surface area contributed by atoms with Gasteiger partial charge >= 0.3 is 0 Å². The lowest BCUT2D eigenvalue weighted by Crippen LogP contribution is -2.15. The van der Waals surface area contributed by atoms with Crippen molar-refractivity contribution >= 4 is 49.0 Å². The summed E-state index contributed by atoms with van der Waals surface area (Å²) in [5.41, 5.74) is 0.942. The minimum absolute atomic E-state index is 0.207. The number of rotatable bonds is 3. The van der Waals surface area contributed by atoms with Crippen molar-refractivity contribution in [2.75, 3.05) is 4.72 Å². The maximum absolute atomic E-state index is 12.4. The van der Waals surface area contributed by atoms with E-state index < -0.39 is 10.0 Å². The van der Waals surface area contributed by atoms with Crippen LogP contribution in [0.3, 0.4) is 0 Å². The maximum atomic E-state index is 12.4. The van der Waals surface area contributed by atoms with Crippen LogP contribution in [-0.4, -0.2) is 28.0 Å². The summed E-state index contributed by atoms with van der Waals surface area (Å²) in [5, 5.41) is 3.80. The third-order valence-electron chi connectivity index (χ3n) is 2.77. The van der Waals surface area contributed by atoms with Gasteiger partial charge in [0, 0.05) is 16.4 Å². The number of aryl methyl sites for hydroxylation is 1. The molecule has 7 nitrogen and oxygen atoms in total. The van der Waals surface area contributed by atoms with Gasteiger partial charge in [-0.2, -0.15) is 13.4 Å². The number of halogens is 2. The second kappa shape index (κ2) is 5.49. The van der Waals surface area contributed by atoms with Gasteiger partial charge in [-0.15, -0.1) is 5.10 Å². The molecule has 0 fully saturated rings. The topological polar surface area (TPSA) is 89.3 Å². The minimum atomic E-state index is -3.98. The number of benzene rings is 1. The zero-order chi connectivity index (χ0) is 15.9. The van der Waals surface area contributed by atoms with Gasteiger partial charge in [0.1, 0.15) is 0 Å². The molecular formula is C12H9BrClN5O2S. The average molecular weight is 403 g/mol. The predicted molar refractivity (Wildman–Crippen MR) is 85.5 cm³/mol. The van der Waals surface area contributed by atoms with E-state index in [0.717, 1.165) is 0 Å². The van der Waals surface area contributed by atoms with E-state index in [4.69, 9.17) is 11.6 Å². The number of sulfonamides is 1. The standard InChI is InChI=1S/C12H9BrClN5O2S/c1-7-5-6-19-11(15-7)16-12(17-19)22(20,21)18-10-8(13)3-2-4-9(10)14/h2-6,18H,1H3. The highest BCUT2D eigenvalue weighted by Gasteiger charge is 2.23. The summed E-state index contributed by atoms with van der Waals surface area (Å²) in [6.07, 6.45) is 1.59. The van der Waals surface area contributed by atoms with Gasteiger partial charge < -0.3 is 0 Å². The van der Waals surface area contributed by atoms with Crippen LogP contribution in [0.5, 0.6) is 0 Å². The molecule has 3 rings (SSSR count). The molecule has 22 heavy (non-hydrogen) atoms. The lowest BCUT2D eigenvalue weighted by Gasteiger charge is -2.08. The molecule has 0 saturated heterocycles. The van der Waals surface area contributed by atoms with Gasteiger partial charge in [-0.1, -0.05) is 17.7 Å². The fraction of sp³-hybridized carbons (Fsp3) is 0.0833. The van der Waals surface area contributed by atoms with Crippen LogP contribution >= 0.6 is 27.5 Å². The van der Waals surface area contributed by atoms with Crippen molar-refractivity contribution in [3.05, 3.63) is 45.7 Å². The van der Waals surface area contributed by atoms with Gasteiger partial charge in [-0.3, -0.25) is 4.72 Å². The fourth-order valence-electron chi connectivity index (χ4n) is 1.73. The van der Waals surface area contributed by atoms with Crippen LogP contribution in [0.25, 0.3) is 5.78 Å². The number of fused-ring (bicyclic) bond motifs is 1. The highest BCUT2D eigenvalue weighted by Crippen LogP contribution is 2.31. The van der Waals surface area contributed by atoms with Crippen LogP contribution in [0, 0.1) is 6.92 Å². The van der Waals surface area contributed by atoms with Gasteiger partial charge in [0.05, 0.1) is 10.7 Å². The molecule has 0 aliphatic carbocycles. The number of hydrogen-bond acceptors (Lipinski definition) is 5. The molecule has 1 aromatic carbocycles. The first-order chi connectivity index (χ1) is 10.4. The van der Waals surface area contributed by atoms with E-state index in [2.05, 4.69) is 35.7 Å². The van der Waals surface area contributed by atoms with Crippen molar-refractivity contribution in [1.82, 2.24) is 19.6 Å². The fourth-order valence-corrected chi connectivity index (χ4v) is 3.70. The Kier molecular flexibility index (Phi) is 3.79. The number of aromatic nitrogens is 4. The van der Waals surface area contributed by atoms with Crippen LogP contribution < -0.4 is 4.72 Å². The molecule has 0 aliphatic rings. The van der Waals surface area contributed by atoms with E-state index in [-0.39, 0.29) is 21.6 Å². The molecule has 114 valence electrons. The highest BCUT2D eigenvalue weighted by molar-refractivity contribution is 9.10. The molecule has 3 aromatic rings. The average Bonchev–Trinajstić information content (AvgIpc) is 2.87. The molecule has 0 unspecified atom stereocenters. The number of nitrogens with one attached hydrogen (secondary N) is 1. The quantitative estimate of drug-likeness (QED) is 0.727. The molecule has 0 bridgehead atoms. The monoisotopic (exact) mass is 401 g/mol. The minimum Gasteiger partial charge on any atom is -0.274 e. The lowest BCUT2D eigenvalue weighted by molar-refractivity contribution is 0.592. The summed E-state index contributed by atoms with van der Waals surface area (Å²) in [7, 11) is -3.98. The van der Waals surface area contributed by atoms with Gasteiger partial charge in [0.2, 0.25) is 0 Å². The summed E-state index contributed by atoms with van der Waals surface area (Å²) >= 11 is 9.25. The van der Waals surface area contributed by atoms with E-state index >= 15 is 0 Å². The Morgan fingerprint density at radius 2 is 2.05 bits per heavy atom. The summed E-state index contributed by atoms with van der Waals surface area (Å²) in [6.45, 7) is 1.78. The first-order valence-corrected chi connectivity index (χ1v) is 8.69. The molecular weight excluding hydrogens is 394 g/mol. The highest BCUT2D eigenvalue weighted by atomic mass is 79.9. The van der Waals surface area contributed by atoms with Crippen molar-refractivity contribution in [2.24, 2.45) is 0 Å². The first kappa shape index (κ1) is 15.2. The van der Waals surface area contributed by atoms with Crippen molar-refractivity contribution in [2.45, 2.75) is 12.1 Å². The van der Waals surface area contributed by atoms with Gasteiger partial charge in [-0.25, -0.2) is 9.50 Å². The van der Waals surface area contributed by atoms with E-state index in [1.165, 1.54) is 4.52 Å². The normalized spacial score (nSPS) is 11.8. The molecule has 0 saturated carbocycles. The van der Waals surface area contributed by atoms with Crippen LogP contribution in [0.4, 0.5) is 5.69 Å². The Hall–Kier alpha value is -1.71. The first-order valence-electron chi connectivity index (χ1n) is 6.04. The summed E-state index contributed by atoms with van der Waals surface area (Å²) in [4.78, 5) is 8.05. The predicted octanol–water partition coefficient (Wildman–Crippen LogP) is 2.65. The molecule has 0 amide bonds. The van der Waals surface area contributed by atoms with Crippen LogP contribution in [0.1, 0.15) is 5.69 Å². The Bertz CT molecular complexity index is 953. The van der Waals surface area contributed by atoms with Gasteiger partial charge in [-0.05, 0) is 41.1 Å². The summed E-state index contributed by atoms with van der Waals surface area (Å²) in [6, 6.07) is 6.65. The van der Waals surface area contributed by atoms with E-state index in [0.29, 0.717) is 10.2 Å². The molecule has 10 heteroatoms. The number of nitrogens with zero attached hydrogens (tertiary/aromatic N) is 4. The Balaban J connectivity index is 2.05. The molecule has 1 N–H and O–H groups in total. The van der Waals surface area contributed by atoms with Gasteiger partial charge in [0.25, 0.3) is 21.0 Å². The van der Waals surface area contributed by atoms with E-state index in [1.807, 2.05) is 0 Å². The van der Waals surface area contributed by atoms with Crippen LogP contribution in [0.2, 0.25) is 5.02 Å². The Morgan fingerprint density at radius 1 is 1.27 bits per heavy atom. The second-order valence-electron chi connectivity index (χ2n) is 4.41. The largest absolute Gasteiger partial charge is 0.299 e. The number of para-hydroxylation sites is 1. The second-order valence-corrected chi connectivity index (χ2v) is 7.25. The van der Waals surface area contributed by atoms with E-state index in [9.17, 15) is 8.42 Å². The third-order valence-corrected chi connectivity index (χ3v) is 4.87. The van der Waals surface area contributed by atoms with Gasteiger partial charge in [0.15, 0.2) is 0 Å². The van der Waals surface area contributed by atoms with Crippen molar-refractivity contribution < 1.29 is 8.42 Å². The molecule has 0 aliphatic heterocycles. The lowest BCUT2D eigenvalue weighted by atomic mass is 10.3.